The van der Waals surface area contributed by atoms with Crippen LogP contribution in [-0.2, 0) is 4.74 Å². The Bertz CT molecular complexity index is 342. The summed E-state index contributed by atoms with van der Waals surface area (Å²) >= 11 is 5.93. The first kappa shape index (κ1) is 11.4. The summed E-state index contributed by atoms with van der Waals surface area (Å²) < 4.78 is 30.6. The number of benzene rings is 1. The summed E-state index contributed by atoms with van der Waals surface area (Å²) in [7, 11) is 0. The van der Waals surface area contributed by atoms with Crippen molar-refractivity contribution in [2.45, 2.75) is 11.8 Å². The van der Waals surface area contributed by atoms with Crippen molar-refractivity contribution in [1.29, 1.82) is 0 Å². The molecule has 0 saturated heterocycles. The molecule has 1 rings (SSSR count). The van der Waals surface area contributed by atoms with E-state index >= 15 is 0 Å². The summed E-state index contributed by atoms with van der Waals surface area (Å²) in [6.45, 7) is 2.27. The lowest BCUT2D eigenvalue weighted by molar-refractivity contribution is 0.346. The highest BCUT2D eigenvalue weighted by molar-refractivity contribution is 8.22. The van der Waals surface area contributed by atoms with E-state index in [0.717, 1.165) is 23.9 Å². The van der Waals surface area contributed by atoms with Gasteiger partial charge in [-0.25, -0.2) is 8.78 Å². The first-order chi connectivity index (χ1) is 6.63. The summed E-state index contributed by atoms with van der Waals surface area (Å²) in [5, 5.41) is 0. The molecule has 5 heteroatoms. The van der Waals surface area contributed by atoms with Crippen LogP contribution in [0.3, 0.4) is 0 Å². The standard InChI is InChI=1S/C9H8F2OS2/c1-2-12-9(13)14-6-3-4-7(10)8(11)5-6/h3-5H,2H2,1H3. The normalized spacial score (nSPS) is 9.93. The molecular formula is C9H8F2OS2. The van der Waals surface area contributed by atoms with Gasteiger partial charge in [-0.1, -0.05) is 0 Å². The minimum Gasteiger partial charge on any atom is -0.479 e. The lowest BCUT2D eigenvalue weighted by Gasteiger charge is -2.03. The zero-order valence-electron chi connectivity index (χ0n) is 7.42. The van der Waals surface area contributed by atoms with Crippen LogP contribution in [0.1, 0.15) is 6.92 Å². The quantitative estimate of drug-likeness (QED) is 0.573. The zero-order valence-corrected chi connectivity index (χ0v) is 9.05. The Morgan fingerprint density at radius 2 is 2.14 bits per heavy atom. The number of thioether (sulfide) groups is 1. The number of hydrogen-bond acceptors (Lipinski definition) is 3. The second-order valence-electron chi connectivity index (χ2n) is 2.36. The van der Waals surface area contributed by atoms with Crippen molar-refractivity contribution >= 4 is 28.4 Å². The number of thiocarbonyl (C=S) groups is 1. The van der Waals surface area contributed by atoms with Gasteiger partial charge in [-0.3, -0.25) is 0 Å². The predicted octanol–water partition coefficient (Wildman–Crippen LogP) is 3.38. The van der Waals surface area contributed by atoms with Crippen molar-refractivity contribution < 1.29 is 13.5 Å². The molecule has 0 amide bonds. The molecule has 1 nitrogen and oxygen atoms in total. The Labute approximate surface area is 90.5 Å². The maximum absolute atomic E-state index is 12.7. The largest absolute Gasteiger partial charge is 0.479 e. The van der Waals surface area contributed by atoms with Crippen molar-refractivity contribution in [3.8, 4) is 0 Å². The van der Waals surface area contributed by atoms with Gasteiger partial charge in [0.15, 0.2) is 11.6 Å². The fraction of sp³-hybridized carbons (Fsp3) is 0.222. The van der Waals surface area contributed by atoms with Gasteiger partial charge in [-0.05, 0) is 49.1 Å². The first-order valence-electron chi connectivity index (χ1n) is 3.93. The van der Waals surface area contributed by atoms with Crippen LogP contribution >= 0.6 is 24.0 Å². The van der Waals surface area contributed by atoms with E-state index in [-0.39, 0.29) is 0 Å². The minimum absolute atomic E-state index is 0.304. The number of rotatable bonds is 2. The molecule has 0 aromatic heterocycles. The van der Waals surface area contributed by atoms with Crippen LogP contribution in [0.5, 0.6) is 0 Å². The van der Waals surface area contributed by atoms with Crippen molar-refractivity contribution in [2.75, 3.05) is 6.61 Å². The highest BCUT2D eigenvalue weighted by atomic mass is 32.2. The molecule has 1 aromatic carbocycles. The second-order valence-corrected chi connectivity index (χ2v) is 4.04. The maximum Gasteiger partial charge on any atom is 0.224 e. The van der Waals surface area contributed by atoms with Gasteiger partial charge < -0.3 is 4.74 Å². The molecule has 0 N–H and O–H groups in total. The van der Waals surface area contributed by atoms with Crippen LogP contribution in [0.15, 0.2) is 23.1 Å². The van der Waals surface area contributed by atoms with Crippen LogP contribution in [0.4, 0.5) is 8.78 Å². The number of hydrogen-bond donors (Lipinski definition) is 0. The van der Waals surface area contributed by atoms with Gasteiger partial charge in [0.25, 0.3) is 0 Å². The summed E-state index contributed by atoms with van der Waals surface area (Å²) in [5.41, 5.74) is 0. The van der Waals surface area contributed by atoms with Gasteiger partial charge in [0.2, 0.25) is 4.38 Å². The van der Waals surface area contributed by atoms with Gasteiger partial charge in [0.1, 0.15) is 0 Å². The molecule has 0 spiro atoms. The summed E-state index contributed by atoms with van der Waals surface area (Å²) in [5.74, 6) is -1.74. The molecular weight excluding hydrogens is 226 g/mol. The molecule has 76 valence electrons. The van der Waals surface area contributed by atoms with E-state index in [1.54, 1.807) is 6.92 Å². The van der Waals surface area contributed by atoms with Crippen LogP contribution in [0, 0.1) is 11.6 Å². The van der Waals surface area contributed by atoms with E-state index in [1.807, 2.05) is 0 Å². The molecule has 0 aliphatic carbocycles. The summed E-state index contributed by atoms with van der Waals surface area (Å²) in [4.78, 5) is 0.530. The lowest BCUT2D eigenvalue weighted by atomic mass is 10.3. The van der Waals surface area contributed by atoms with E-state index in [1.165, 1.54) is 6.07 Å². The summed E-state index contributed by atoms with van der Waals surface area (Å²) in [6.07, 6.45) is 0. The molecule has 0 heterocycles. The van der Waals surface area contributed by atoms with Crippen molar-refractivity contribution in [1.82, 2.24) is 0 Å². The van der Waals surface area contributed by atoms with Crippen molar-refractivity contribution in [3.05, 3.63) is 29.8 Å². The molecule has 0 aliphatic rings. The average molecular weight is 234 g/mol. The zero-order chi connectivity index (χ0) is 10.6. The predicted molar refractivity (Wildman–Crippen MR) is 56.4 cm³/mol. The first-order valence-corrected chi connectivity index (χ1v) is 5.15. The third kappa shape index (κ3) is 3.23. The molecule has 1 aromatic rings. The van der Waals surface area contributed by atoms with E-state index in [0.29, 0.717) is 15.9 Å². The minimum atomic E-state index is -0.880. The highest BCUT2D eigenvalue weighted by Crippen LogP contribution is 2.22. The molecule has 0 fully saturated rings. The molecule has 14 heavy (non-hydrogen) atoms. The van der Waals surface area contributed by atoms with Gasteiger partial charge in [0.05, 0.1) is 6.61 Å². The van der Waals surface area contributed by atoms with E-state index in [4.69, 9.17) is 17.0 Å². The molecule has 0 bridgehead atoms. The fourth-order valence-electron chi connectivity index (χ4n) is 0.784. The third-order valence-electron chi connectivity index (χ3n) is 1.35. The highest BCUT2D eigenvalue weighted by Gasteiger charge is 2.05. The van der Waals surface area contributed by atoms with Crippen molar-refractivity contribution in [3.63, 3.8) is 0 Å². The number of halogens is 2. The topological polar surface area (TPSA) is 9.23 Å². The van der Waals surface area contributed by atoms with Crippen LogP contribution in [0.25, 0.3) is 0 Å². The molecule has 0 atom stereocenters. The molecule has 0 aliphatic heterocycles. The van der Waals surface area contributed by atoms with E-state index in [9.17, 15) is 8.78 Å². The SMILES string of the molecule is CCOC(=S)Sc1ccc(F)c(F)c1. The fourth-order valence-corrected chi connectivity index (χ4v) is 1.86. The van der Waals surface area contributed by atoms with Gasteiger partial charge >= 0.3 is 0 Å². The van der Waals surface area contributed by atoms with Gasteiger partial charge in [0, 0.05) is 4.90 Å². The Morgan fingerprint density at radius 3 is 2.71 bits per heavy atom. The molecule has 0 unspecified atom stereocenters. The Hall–Kier alpha value is -0.680. The maximum atomic E-state index is 12.7. The van der Waals surface area contributed by atoms with E-state index in [2.05, 4.69) is 0 Å². The Balaban J connectivity index is 2.68. The van der Waals surface area contributed by atoms with Crippen LogP contribution < -0.4 is 0 Å². The summed E-state index contributed by atoms with van der Waals surface area (Å²) in [6, 6.07) is 3.60. The van der Waals surface area contributed by atoms with Crippen molar-refractivity contribution in [2.24, 2.45) is 0 Å². The van der Waals surface area contributed by atoms with E-state index < -0.39 is 11.6 Å². The Morgan fingerprint density at radius 1 is 1.43 bits per heavy atom. The smallest absolute Gasteiger partial charge is 0.224 e. The van der Waals surface area contributed by atoms with Crippen LogP contribution in [-0.4, -0.2) is 11.0 Å². The van der Waals surface area contributed by atoms with Gasteiger partial charge in [-0.2, -0.15) is 0 Å². The average Bonchev–Trinajstić information content (AvgIpc) is 2.12. The lowest BCUT2D eigenvalue weighted by Crippen LogP contribution is -1.95. The molecule has 0 radical (unpaired) electrons. The monoisotopic (exact) mass is 234 g/mol. The number of ether oxygens (including phenoxy) is 1. The Kier molecular flexibility index (Phi) is 4.28. The molecule has 0 saturated carbocycles. The van der Waals surface area contributed by atoms with Gasteiger partial charge in [-0.15, -0.1) is 0 Å². The second kappa shape index (κ2) is 5.26. The van der Waals surface area contributed by atoms with Crippen LogP contribution in [0.2, 0.25) is 0 Å². The third-order valence-corrected chi connectivity index (χ3v) is 2.50.